The molecular weight excluding hydrogens is 464 g/mol. The molecule has 2 aromatic heterocycles. The van der Waals surface area contributed by atoms with Gasteiger partial charge in [-0.25, -0.2) is 10.1 Å². The van der Waals surface area contributed by atoms with Gasteiger partial charge in [-0.15, -0.1) is 16.9 Å². The van der Waals surface area contributed by atoms with Gasteiger partial charge >= 0.3 is 0 Å². The molecule has 1 amide bonds. The van der Waals surface area contributed by atoms with E-state index < -0.39 is 5.91 Å². The zero-order valence-corrected chi connectivity index (χ0v) is 19.0. The smallest absolute Gasteiger partial charge is 0.293 e. The molecule has 0 bridgehead atoms. The predicted octanol–water partition coefficient (Wildman–Crippen LogP) is 3.50. The average Bonchev–Trinajstić information content (AvgIpc) is 3.44. The highest BCUT2D eigenvalue weighted by molar-refractivity contribution is 7.98. The van der Waals surface area contributed by atoms with Gasteiger partial charge in [0.15, 0.2) is 5.69 Å². The number of hydrazone groups is 1. The Bertz CT molecular complexity index is 1270. The number of amides is 1. The fraction of sp³-hybridized carbons (Fsp3) is 0.143. The zero-order valence-electron chi connectivity index (χ0n) is 17.5. The molecule has 2 heterocycles. The lowest BCUT2D eigenvalue weighted by Crippen LogP contribution is -2.20. The van der Waals surface area contributed by atoms with Crippen molar-refractivity contribution in [3.8, 4) is 5.82 Å². The summed E-state index contributed by atoms with van der Waals surface area (Å²) < 4.78 is 6.00. The molecule has 0 saturated carbocycles. The molecule has 0 aliphatic carbocycles. The van der Waals surface area contributed by atoms with Crippen molar-refractivity contribution in [1.29, 1.82) is 0 Å². The molecule has 0 saturated heterocycles. The van der Waals surface area contributed by atoms with Gasteiger partial charge in [0.25, 0.3) is 5.91 Å². The molecule has 0 atom stereocenters. The lowest BCUT2D eigenvalue weighted by Gasteiger charge is -2.06. The third-order valence-electron chi connectivity index (χ3n) is 4.63. The summed E-state index contributed by atoms with van der Waals surface area (Å²) in [5.41, 5.74) is 10.9. The predicted molar refractivity (Wildman–Crippen MR) is 126 cm³/mol. The monoisotopic (exact) mass is 482 g/mol. The quantitative estimate of drug-likeness (QED) is 0.221. The van der Waals surface area contributed by atoms with Crippen LogP contribution in [-0.2, 0) is 12.2 Å². The fourth-order valence-electron chi connectivity index (χ4n) is 2.86. The van der Waals surface area contributed by atoms with Crippen LogP contribution in [0.15, 0.2) is 63.2 Å². The van der Waals surface area contributed by atoms with Crippen molar-refractivity contribution >= 4 is 41.3 Å². The maximum Gasteiger partial charge on any atom is 0.293 e. The van der Waals surface area contributed by atoms with Crippen molar-refractivity contribution in [2.75, 3.05) is 5.73 Å². The molecule has 0 fully saturated rings. The van der Waals surface area contributed by atoms with Crippen molar-refractivity contribution < 1.29 is 9.42 Å². The van der Waals surface area contributed by atoms with E-state index in [0.717, 1.165) is 16.9 Å². The molecule has 12 heteroatoms. The molecule has 0 aliphatic heterocycles. The first-order valence-corrected chi connectivity index (χ1v) is 11.2. The van der Waals surface area contributed by atoms with E-state index in [9.17, 15) is 4.79 Å². The molecule has 2 aromatic carbocycles. The van der Waals surface area contributed by atoms with Crippen molar-refractivity contribution in [2.45, 2.75) is 24.0 Å². The van der Waals surface area contributed by atoms with E-state index in [1.165, 1.54) is 22.0 Å². The van der Waals surface area contributed by atoms with Crippen LogP contribution in [-0.4, -0.2) is 37.4 Å². The minimum atomic E-state index is -0.524. The van der Waals surface area contributed by atoms with E-state index in [1.807, 2.05) is 36.4 Å². The van der Waals surface area contributed by atoms with Gasteiger partial charge in [-0.05, 0) is 52.1 Å². The van der Waals surface area contributed by atoms with E-state index in [0.29, 0.717) is 16.5 Å². The molecule has 0 radical (unpaired) electrons. The summed E-state index contributed by atoms with van der Waals surface area (Å²) >= 11 is 7.42. The number of nitrogens with zero attached hydrogens (tertiary/aromatic N) is 6. The number of nitrogen functional groups attached to an aromatic ring is 1. The van der Waals surface area contributed by atoms with Crippen molar-refractivity contribution in [1.82, 2.24) is 30.7 Å². The Morgan fingerprint density at radius 3 is 2.64 bits per heavy atom. The first-order chi connectivity index (χ1) is 16.0. The Balaban J connectivity index is 1.55. The standard InChI is InChI=1S/C21H19ClN8O2S/c1-2-13-3-5-14(6-4-13)11-24-26-21(31)18-17(12-33-16-9-7-15(22)8-10-16)30(29-25-18)20-19(23)27-32-28-20/h3-11H,2,12H2,1H3,(H2,23,27)(H,26,31)/b24-11+. The van der Waals surface area contributed by atoms with Crippen LogP contribution in [0.2, 0.25) is 5.02 Å². The van der Waals surface area contributed by atoms with Crippen LogP contribution in [0, 0.1) is 0 Å². The molecular formula is C21H19ClN8O2S. The number of carbonyl (C=O) groups excluding carboxylic acids is 1. The van der Waals surface area contributed by atoms with Gasteiger partial charge in [-0.1, -0.05) is 48.0 Å². The summed E-state index contributed by atoms with van der Waals surface area (Å²) in [6.45, 7) is 2.09. The Labute approximate surface area is 198 Å². The molecule has 168 valence electrons. The Hall–Kier alpha value is -3.70. The number of aromatic nitrogens is 5. The highest BCUT2D eigenvalue weighted by Gasteiger charge is 2.24. The van der Waals surface area contributed by atoms with E-state index in [-0.39, 0.29) is 17.3 Å². The highest BCUT2D eigenvalue weighted by atomic mass is 35.5. The van der Waals surface area contributed by atoms with Gasteiger partial charge in [0.05, 0.1) is 11.9 Å². The first kappa shape index (κ1) is 22.5. The minimum absolute atomic E-state index is 0.0261. The van der Waals surface area contributed by atoms with Crippen LogP contribution in [0.3, 0.4) is 0 Å². The van der Waals surface area contributed by atoms with Gasteiger partial charge in [-0.3, -0.25) is 4.79 Å². The maximum absolute atomic E-state index is 12.8. The number of benzene rings is 2. The summed E-state index contributed by atoms with van der Waals surface area (Å²) in [6.07, 6.45) is 2.51. The van der Waals surface area contributed by atoms with Gasteiger partial charge in [0.2, 0.25) is 11.6 Å². The van der Waals surface area contributed by atoms with Crippen molar-refractivity contribution in [3.05, 3.63) is 76.1 Å². The Morgan fingerprint density at radius 2 is 1.97 bits per heavy atom. The van der Waals surface area contributed by atoms with E-state index in [4.69, 9.17) is 17.3 Å². The second kappa shape index (κ2) is 10.3. The number of thioether (sulfide) groups is 1. The van der Waals surface area contributed by atoms with Gasteiger partial charge in [0.1, 0.15) is 0 Å². The topological polar surface area (TPSA) is 137 Å². The van der Waals surface area contributed by atoms with Crippen molar-refractivity contribution in [2.24, 2.45) is 5.10 Å². The number of nitrogens with one attached hydrogen (secondary N) is 1. The van der Waals surface area contributed by atoms with Crippen LogP contribution in [0.25, 0.3) is 5.82 Å². The molecule has 4 rings (SSSR count). The maximum atomic E-state index is 12.8. The normalized spacial score (nSPS) is 11.2. The second-order valence-electron chi connectivity index (χ2n) is 6.81. The van der Waals surface area contributed by atoms with E-state index in [2.05, 4.69) is 42.7 Å². The van der Waals surface area contributed by atoms with Crippen LogP contribution in [0.5, 0.6) is 0 Å². The summed E-state index contributed by atoms with van der Waals surface area (Å²) in [6, 6.07) is 15.2. The van der Waals surface area contributed by atoms with Gasteiger partial charge in [-0.2, -0.15) is 9.78 Å². The fourth-order valence-corrected chi connectivity index (χ4v) is 3.87. The number of aryl methyl sites for hydroxylation is 1. The van der Waals surface area contributed by atoms with Crippen LogP contribution in [0.4, 0.5) is 5.82 Å². The zero-order chi connectivity index (χ0) is 23.2. The molecule has 0 aliphatic rings. The van der Waals surface area contributed by atoms with Gasteiger partial charge < -0.3 is 5.73 Å². The lowest BCUT2D eigenvalue weighted by atomic mass is 10.1. The molecule has 33 heavy (non-hydrogen) atoms. The number of anilines is 1. The second-order valence-corrected chi connectivity index (χ2v) is 8.29. The SMILES string of the molecule is CCc1ccc(/C=N/NC(=O)c2nnn(-c3nonc3N)c2CSc2ccc(Cl)cc2)cc1. The third-order valence-corrected chi connectivity index (χ3v) is 5.91. The number of hydrogen-bond donors (Lipinski definition) is 2. The first-order valence-electron chi connectivity index (χ1n) is 9.89. The lowest BCUT2D eigenvalue weighted by molar-refractivity contribution is 0.0949. The molecule has 3 N–H and O–H groups in total. The highest BCUT2D eigenvalue weighted by Crippen LogP contribution is 2.27. The van der Waals surface area contributed by atoms with Gasteiger partial charge in [0, 0.05) is 15.7 Å². The minimum Gasteiger partial charge on any atom is -0.378 e. The van der Waals surface area contributed by atoms with Crippen molar-refractivity contribution in [3.63, 3.8) is 0 Å². The van der Waals surface area contributed by atoms with Crippen LogP contribution < -0.4 is 11.2 Å². The number of rotatable bonds is 8. The summed E-state index contributed by atoms with van der Waals surface area (Å²) in [4.78, 5) is 13.8. The average molecular weight is 483 g/mol. The Kier molecular flexibility index (Phi) is 7.01. The number of carbonyl (C=O) groups is 1. The van der Waals surface area contributed by atoms with Crippen LogP contribution in [0.1, 0.15) is 34.2 Å². The summed E-state index contributed by atoms with van der Waals surface area (Å²) in [5, 5.41) is 20.0. The third kappa shape index (κ3) is 5.38. The van der Waals surface area contributed by atoms with E-state index in [1.54, 1.807) is 18.3 Å². The largest absolute Gasteiger partial charge is 0.378 e. The molecule has 0 unspecified atom stereocenters. The number of nitrogens with two attached hydrogens (primary N) is 1. The number of halogens is 1. The van der Waals surface area contributed by atoms with E-state index >= 15 is 0 Å². The number of hydrogen-bond acceptors (Lipinski definition) is 9. The molecule has 0 spiro atoms. The van der Waals surface area contributed by atoms with Crippen LogP contribution >= 0.6 is 23.4 Å². The molecule has 10 nitrogen and oxygen atoms in total. The summed E-state index contributed by atoms with van der Waals surface area (Å²) in [7, 11) is 0. The Morgan fingerprint density at radius 1 is 1.21 bits per heavy atom. The summed E-state index contributed by atoms with van der Waals surface area (Å²) in [5.74, 6) is -0.0124. The molecule has 4 aromatic rings.